The summed E-state index contributed by atoms with van der Waals surface area (Å²) < 4.78 is 5.89. The molecule has 0 saturated carbocycles. The minimum Gasteiger partial charge on any atom is -0.489 e. The zero-order valence-electron chi connectivity index (χ0n) is 12.3. The fourth-order valence-electron chi connectivity index (χ4n) is 2.28. The molecule has 0 aliphatic heterocycles. The molecule has 21 heavy (non-hydrogen) atoms. The molecular weight excluding hydrogens is 260 g/mol. The molecule has 0 amide bonds. The maximum atomic E-state index is 5.89. The number of nitrogens with one attached hydrogen (secondary N) is 1. The lowest BCUT2D eigenvalue weighted by molar-refractivity contribution is 0.304. The van der Waals surface area contributed by atoms with E-state index in [0.29, 0.717) is 6.61 Å². The Balaban J connectivity index is 1.75. The number of hydrogen-bond donors (Lipinski definition) is 1. The summed E-state index contributed by atoms with van der Waals surface area (Å²) in [7, 11) is 0. The highest BCUT2D eigenvalue weighted by Gasteiger charge is 2.05. The Morgan fingerprint density at radius 3 is 2.52 bits per heavy atom. The van der Waals surface area contributed by atoms with E-state index in [1.54, 1.807) is 0 Å². The fraction of sp³-hybridized carbons (Fsp3) is 0.167. The monoisotopic (exact) mass is 278 g/mol. The summed E-state index contributed by atoms with van der Waals surface area (Å²) in [6.07, 6.45) is 1.86. The second-order valence-electron chi connectivity index (χ2n) is 5.14. The Kier molecular flexibility index (Phi) is 3.73. The van der Waals surface area contributed by atoms with Gasteiger partial charge in [-0.2, -0.15) is 0 Å². The van der Waals surface area contributed by atoms with Crippen molar-refractivity contribution in [3.05, 3.63) is 71.7 Å². The minimum absolute atomic E-state index is 0.587. The highest BCUT2D eigenvalue weighted by Crippen LogP contribution is 2.25. The molecule has 0 radical (unpaired) electrons. The number of benzene rings is 2. The minimum atomic E-state index is 0.587. The van der Waals surface area contributed by atoms with Gasteiger partial charge in [-0.3, -0.25) is 0 Å². The molecule has 2 aromatic carbocycles. The van der Waals surface area contributed by atoms with Gasteiger partial charge in [0.2, 0.25) is 0 Å². The van der Waals surface area contributed by atoms with E-state index in [2.05, 4.69) is 41.2 Å². The SMILES string of the molecule is Cc1ncc(-c2ccc(OCc3ccccc3)c(C)c2)[nH]1. The van der Waals surface area contributed by atoms with Crippen molar-refractivity contribution in [3.63, 3.8) is 0 Å². The van der Waals surface area contributed by atoms with Gasteiger partial charge in [-0.25, -0.2) is 4.98 Å². The van der Waals surface area contributed by atoms with Gasteiger partial charge in [0.05, 0.1) is 11.9 Å². The highest BCUT2D eigenvalue weighted by atomic mass is 16.5. The maximum absolute atomic E-state index is 5.89. The zero-order chi connectivity index (χ0) is 14.7. The van der Waals surface area contributed by atoms with Crippen LogP contribution in [0.25, 0.3) is 11.3 Å². The summed E-state index contributed by atoms with van der Waals surface area (Å²) in [5.41, 5.74) is 4.45. The number of aromatic amines is 1. The predicted molar refractivity (Wildman–Crippen MR) is 84.3 cm³/mol. The number of ether oxygens (including phenoxy) is 1. The Hall–Kier alpha value is -2.55. The van der Waals surface area contributed by atoms with E-state index in [4.69, 9.17) is 4.74 Å². The van der Waals surface area contributed by atoms with E-state index in [-0.39, 0.29) is 0 Å². The van der Waals surface area contributed by atoms with E-state index in [9.17, 15) is 0 Å². The number of rotatable bonds is 4. The summed E-state index contributed by atoms with van der Waals surface area (Å²) in [6, 6.07) is 16.4. The normalized spacial score (nSPS) is 10.6. The molecule has 0 unspecified atom stereocenters. The van der Waals surface area contributed by atoms with Gasteiger partial charge in [0.1, 0.15) is 18.2 Å². The molecule has 1 N–H and O–H groups in total. The van der Waals surface area contributed by atoms with Gasteiger partial charge in [-0.05, 0) is 43.2 Å². The molecule has 1 heterocycles. The maximum Gasteiger partial charge on any atom is 0.122 e. The quantitative estimate of drug-likeness (QED) is 0.773. The molecule has 0 spiro atoms. The van der Waals surface area contributed by atoms with Gasteiger partial charge in [0, 0.05) is 5.56 Å². The van der Waals surface area contributed by atoms with E-state index in [1.165, 1.54) is 5.56 Å². The van der Waals surface area contributed by atoms with Gasteiger partial charge in [0.25, 0.3) is 0 Å². The molecule has 3 heteroatoms. The van der Waals surface area contributed by atoms with Crippen molar-refractivity contribution in [2.45, 2.75) is 20.5 Å². The third-order valence-corrected chi connectivity index (χ3v) is 3.43. The molecular formula is C18H18N2O. The highest BCUT2D eigenvalue weighted by molar-refractivity contribution is 5.61. The molecule has 3 aromatic rings. The molecule has 0 saturated heterocycles. The molecule has 3 rings (SSSR count). The van der Waals surface area contributed by atoms with Crippen LogP contribution < -0.4 is 4.74 Å². The standard InChI is InChI=1S/C18H18N2O/c1-13-10-16(17-11-19-14(2)20-17)8-9-18(13)21-12-15-6-4-3-5-7-15/h3-11H,12H2,1-2H3,(H,19,20). The topological polar surface area (TPSA) is 37.9 Å². The smallest absolute Gasteiger partial charge is 0.122 e. The van der Waals surface area contributed by atoms with Crippen LogP contribution in [0.3, 0.4) is 0 Å². The third-order valence-electron chi connectivity index (χ3n) is 3.43. The number of imidazole rings is 1. The zero-order valence-corrected chi connectivity index (χ0v) is 12.3. The van der Waals surface area contributed by atoms with Gasteiger partial charge in [-0.15, -0.1) is 0 Å². The molecule has 0 atom stereocenters. The first kappa shape index (κ1) is 13.4. The molecule has 0 fully saturated rings. The number of H-pyrrole nitrogens is 1. The molecule has 1 aromatic heterocycles. The van der Waals surface area contributed by atoms with Crippen molar-refractivity contribution >= 4 is 0 Å². The summed E-state index contributed by atoms with van der Waals surface area (Å²) in [5.74, 6) is 1.84. The molecule has 3 nitrogen and oxygen atoms in total. The van der Waals surface area contributed by atoms with Crippen LogP contribution in [-0.4, -0.2) is 9.97 Å². The second kappa shape index (κ2) is 5.83. The van der Waals surface area contributed by atoms with Crippen LogP contribution in [0.5, 0.6) is 5.75 Å². The lowest BCUT2D eigenvalue weighted by Gasteiger charge is -2.10. The van der Waals surface area contributed by atoms with E-state index >= 15 is 0 Å². The first-order valence-corrected chi connectivity index (χ1v) is 7.02. The number of hydrogen-bond acceptors (Lipinski definition) is 2. The first-order chi connectivity index (χ1) is 10.2. The molecule has 0 aliphatic carbocycles. The van der Waals surface area contributed by atoms with Gasteiger partial charge in [0.15, 0.2) is 0 Å². The van der Waals surface area contributed by atoms with Crippen molar-refractivity contribution < 1.29 is 4.74 Å². The van der Waals surface area contributed by atoms with Gasteiger partial charge in [-0.1, -0.05) is 30.3 Å². The Morgan fingerprint density at radius 1 is 1.05 bits per heavy atom. The second-order valence-corrected chi connectivity index (χ2v) is 5.14. The van der Waals surface area contributed by atoms with Crippen LogP contribution in [0.2, 0.25) is 0 Å². The number of aromatic nitrogens is 2. The van der Waals surface area contributed by atoms with Crippen LogP contribution in [0, 0.1) is 13.8 Å². The van der Waals surface area contributed by atoms with Crippen LogP contribution in [-0.2, 0) is 6.61 Å². The van der Waals surface area contributed by atoms with E-state index in [0.717, 1.165) is 28.4 Å². The summed E-state index contributed by atoms with van der Waals surface area (Å²) in [4.78, 5) is 7.48. The van der Waals surface area contributed by atoms with Crippen LogP contribution in [0.4, 0.5) is 0 Å². The molecule has 106 valence electrons. The molecule has 0 bridgehead atoms. The van der Waals surface area contributed by atoms with E-state index in [1.807, 2.05) is 37.4 Å². The summed E-state index contributed by atoms with van der Waals surface area (Å²) in [6.45, 7) is 4.60. The number of nitrogens with zero attached hydrogens (tertiary/aromatic N) is 1. The van der Waals surface area contributed by atoms with Crippen LogP contribution in [0.1, 0.15) is 17.0 Å². The third kappa shape index (κ3) is 3.14. The lowest BCUT2D eigenvalue weighted by atomic mass is 10.1. The van der Waals surface area contributed by atoms with Crippen molar-refractivity contribution in [3.8, 4) is 17.0 Å². The Morgan fingerprint density at radius 2 is 1.86 bits per heavy atom. The molecule has 0 aliphatic rings. The van der Waals surface area contributed by atoms with Crippen molar-refractivity contribution in [1.82, 2.24) is 9.97 Å². The first-order valence-electron chi connectivity index (χ1n) is 7.02. The summed E-state index contributed by atoms with van der Waals surface area (Å²) in [5, 5.41) is 0. The largest absolute Gasteiger partial charge is 0.489 e. The predicted octanol–water partition coefficient (Wildman–Crippen LogP) is 4.27. The van der Waals surface area contributed by atoms with Crippen LogP contribution >= 0.6 is 0 Å². The average Bonchev–Trinajstić information content (AvgIpc) is 2.93. The van der Waals surface area contributed by atoms with Gasteiger partial charge < -0.3 is 9.72 Å². The van der Waals surface area contributed by atoms with E-state index < -0.39 is 0 Å². The Labute approximate surface area is 124 Å². The summed E-state index contributed by atoms with van der Waals surface area (Å²) >= 11 is 0. The Bertz CT molecular complexity index is 732. The van der Waals surface area contributed by atoms with Crippen molar-refractivity contribution in [2.24, 2.45) is 0 Å². The van der Waals surface area contributed by atoms with Crippen LogP contribution in [0.15, 0.2) is 54.7 Å². The fourth-order valence-corrected chi connectivity index (χ4v) is 2.28. The average molecular weight is 278 g/mol. The number of aryl methyl sites for hydroxylation is 2. The van der Waals surface area contributed by atoms with Gasteiger partial charge >= 0.3 is 0 Å². The van der Waals surface area contributed by atoms with Crippen molar-refractivity contribution in [1.29, 1.82) is 0 Å². The van der Waals surface area contributed by atoms with Crippen molar-refractivity contribution in [2.75, 3.05) is 0 Å². The lowest BCUT2D eigenvalue weighted by Crippen LogP contribution is -1.96.